The smallest absolute Gasteiger partial charge is 0.180 e. The molecule has 27 heavy (non-hydrogen) atoms. The third kappa shape index (κ3) is 3.02. The van der Waals surface area contributed by atoms with Crippen LogP contribution >= 0.6 is 11.6 Å². The highest BCUT2D eigenvalue weighted by atomic mass is 35.5. The first-order chi connectivity index (χ1) is 12.6. The van der Waals surface area contributed by atoms with Crippen molar-refractivity contribution in [2.24, 2.45) is 5.41 Å². The van der Waals surface area contributed by atoms with Crippen LogP contribution in [0.2, 0.25) is 5.02 Å². The largest absolute Gasteiger partial charge is 0.506 e. The van der Waals surface area contributed by atoms with Crippen LogP contribution in [-0.2, 0) is 9.59 Å². The Kier molecular flexibility index (Phi) is 4.61. The van der Waals surface area contributed by atoms with Crippen molar-refractivity contribution in [2.45, 2.75) is 27.7 Å². The summed E-state index contributed by atoms with van der Waals surface area (Å²) in [6.45, 7) is 10.7. The normalized spacial score (nSPS) is 16.9. The van der Waals surface area contributed by atoms with Crippen LogP contribution in [0, 0.1) is 19.3 Å². The second-order valence-electron chi connectivity index (χ2n) is 7.47. The fraction of sp³-hybridized carbons (Fsp3) is 0.217. The van der Waals surface area contributed by atoms with Gasteiger partial charge >= 0.3 is 0 Å². The van der Waals surface area contributed by atoms with Crippen LogP contribution in [0.4, 0.5) is 0 Å². The Morgan fingerprint density at radius 2 is 1.52 bits per heavy atom. The Labute approximate surface area is 164 Å². The quantitative estimate of drug-likeness (QED) is 0.542. The van der Waals surface area contributed by atoms with E-state index in [4.69, 9.17) is 11.6 Å². The Morgan fingerprint density at radius 3 is 2.19 bits per heavy atom. The number of hydrogen-bond donors (Lipinski definition) is 1. The molecule has 0 atom stereocenters. The maximum atomic E-state index is 13.0. The molecule has 1 N–H and O–H groups in total. The van der Waals surface area contributed by atoms with E-state index >= 15 is 0 Å². The Balaban J connectivity index is 2.26. The van der Waals surface area contributed by atoms with Crippen LogP contribution in [0.3, 0.4) is 0 Å². The van der Waals surface area contributed by atoms with Crippen LogP contribution in [0.5, 0.6) is 0 Å². The van der Waals surface area contributed by atoms with Gasteiger partial charge in [0.1, 0.15) is 5.76 Å². The number of aryl methyl sites for hydroxylation is 2. The van der Waals surface area contributed by atoms with Gasteiger partial charge in [-0.25, -0.2) is 0 Å². The average Bonchev–Trinajstić information content (AvgIpc) is 2.62. The predicted molar refractivity (Wildman–Crippen MR) is 109 cm³/mol. The molecule has 1 aliphatic carbocycles. The molecule has 138 valence electrons. The van der Waals surface area contributed by atoms with Crippen molar-refractivity contribution in [3.05, 3.63) is 76.0 Å². The lowest BCUT2D eigenvalue weighted by Crippen LogP contribution is -2.39. The number of Topliss-reactive ketones (excluding diaryl/α,β-unsaturated/α-hetero) is 2. The number of carbonyl (C=O) groups excluding carboxylic acids is 2. The minimum Gasteiger partial charge on any atom is -0.506 e. The summed E-state index contributed by atoms with van der Waals surface area (Å²) >= 11 is 6.15. The summed E-state index contributed by atoms with van der Waals surface area (Å²) in [7, 11) is 0. The molecule has 0 saturated carbocycles. The summed E-state index contributed by atoms with van der Waals surface area (Å²) in [6, 6.07) is 11.3. The molecule has 2 aromatic carbocycles. The van der Waals surface area contributed by atoms with E-state index in [1.165, 1.54) is 0 Å². The fourth-order valence-corrected chi connectivity index (χ4v) is 3.54. The molecule has 0 bridgehead atoms. The topological polar surface area (TPSA) is 54.4 Å². The highest BCUT2D eigenvalue weighted by Gasteiger charge is 2.46. The Hall–Kier alpha value is -2.65. The molecule has 0 aliphatic heterocycles. The van der Waals surface area contributed by atoms with E-state index in [1.807, 2.05) is 50.2 Å². The minimum absolute atomic E-state index is 0.0293. The standard InChI is InChI=1S/C23H21ClO3/c1-12-7-9-16(24)11-17(12)15-8-6-13(2)18(10-15)19-20(25)14(3)21(26)23(4,5)22(19)27/h6-11,25H,3H2,1-2,4-5H3. The van der Waals surface area contributed by atoms with E-state index in [-0.39, 0.29) is 16.9 Å². The van der Waals surface area contributed by atoms with Crippen molar-refractivity contribution in [3.63, 3.8) is 0 Å². The van der Waals surface area contributed by atoms with Gasteiger partial charge in [0.25, 0.3) is 0 Å². The molecule has 0 fully saturated rings. The summed E-state index contributed by atoms with van der Waals surface area (Å²) in [4.78, 5) is 25.4. The predicted octanol–water partition coefficient (Wildman–Crippen LogP) is 5.63. The molecule has 0 radical (unpaired) electrons. The second kappa shape index (κ2) is 6.50. The van der Waals surface area contributed by atoms with Gasteiger partial charge in [-0.2, -0.15) is 0 Å². The number of rotatable bonds is 2. The van der Waals surface area contributed by atoms with Gasteiger partial charge in [0.15, 0.2) is 11.6 Å². The number of carbonyl (C=O) groups is 2. The van der Waals surface area contributed by atoms with E-state index in [0.717, 1.165) is 22.3 Å². The molecule has 1 aliphatic rings. The van der Waals surface area contributed by atoms with Gasteiger partial charge in [-0.1, -0.05) is 36.4 Å². The van der Waals surface area contributed by atoms with Crippen molar-refractivity contribution in [3.8, 4) is 11.1 Å². The van der Waals surface area contributed by atoms with Crippen molar-refractivity contribution in [1.29, 1.82) is 0 Å². The SMILES string of the molecule is C=C1C(=O)C(C)(C)C(=O)C(c2cc(-c3cc(Cl)ccc3C)ccc2C)=C1O. The van der Waals surface area contributed by atoms with Crippen LogP contribution in [0.25, 0.3) is 16.7 Å². The van der Waals surface area contributed by atoms with Crippen molar-refractivity contribution in [1.82, 2.24) is 0 Å². The number of ketones is 2. The maximum absolute atomic E-state index is 13.0. The Morgan fingerprint density at radius 1 is 0.926 bits per heavy atom. The number of aliphatic hydroxyl groups is 1. The van der Waals surface area contributed by atoms with Crippen molar-refractivity contribution >= 4 is 28.7 Å². The molecule has 0 saturated heterocycles. The summed E-state index contributed by atoms with van der Waals surface area (Å²) in [6.07, 6.45) is 0. The number of benzene rings is 2. The van der Waals surface area contributed by atoms with Crippen LogP contribution in [0.1, 0.15) is 30.5 Å². The fourth-order valence-electron chi connectivity index (χ4n) is 3.37. The summed E-state index contributed by atoms with van der Waals surface area (Å²) < 4.78 is 0. The number of aliphatic hydroxyl groups excluding tert-OH is 1. The van der Waals surface area contributed by atoms with Crippen LogP contribution in [0.15, 0.2) is 54.3 Å². The number of halogens is 1. The lowest BCUT2D eigenvalue weighted by molar-refractivity contribution is -0.133. The number of allylic oxidation sites excluding steroid dienone is 2. The zero-order valence-electron chi connectivity index (χ0n) is 15.8. The summed E-state index contributed by atoms with van der Waals surface area (Å²) in [5.41, 5.74) is 3.14. The van der Waals surface area contributed by atoms with E-state index < -0.39 is 17.0 Å². The molecule has 0 aromatic heterocycles. The van der Waals surface area contributed by atoms with E-state index in [2.05, 4.69) is 6.58 Å². The van der Waals surface area contributed by atoms with Crippen LogP contribution < -0.4 is 0 Å². The van der Waals surface area contributed by atoms with Gasteiger partial charge in [-0.15, -0.1) is 0 Å². The molecule has 2 aromatic rings. The van der Waals surface area contributed by atoms with Gasteiger partial charge in [-0.3, -0.25) is 9.59 Å². The first-order valence-corrected chi connectivity index (χ1v) is 9.03. The molecule has 4 heteroatoms. The molecule has 0 amide bonds. The van der Waals surface area contributed by atoms with Crippen molar-refractivity contribution in [2.75, 3.05) is 0 Å². The summed E-state index contributed by atoms with van der Waals surface area (Å²) in [5.74, 6) is -1.19. The highest BCUT2D eigenvalue weighted by Crippen LogP contribution is 2.41. The maximum Gasteiger partial charge on any atom is 0.180 e. The molecule has 0 heterocycles. The first-order valence-electron chi connectivity index (χ1n) is 8.65. The van der Waals surface area contributed by atoms with Gasteiger partial charge in [0, 0.05) is 5.02 Å². The first kappa shape index (κ1) is 19.1. The van der Waals surface area contributed by atoms with Gasteiger partial charge in [-0.05, 0) is 73.7 Å². The highest BCUT2D eigenvalue weighted by molar-refractivity contribution is 6.37. The van der Waals surface area contributed by atoms with E-state index in [9.17, 15) is 14.7 Å². The van der Waals surface area contributed by atoms with E-state index in [0.29, 0.717) is 10.6 Å². The molecule has 3 rings (SSSR count). The molecule has 3 nitrogen and oxygen atoms in total. The van der Waals surface area contributed by atoms with Gasteiger partial charge in [0.05, 0.1) is 16.6 Å². The Bertz CT molecular complexity index is 1040. The van der Waals surface area contributed by atoms with Gasteiger partial charge in [0.2, 0.25) is 0 Å². The van der Waals surface area contributed by atoms with E-state index in [1.54, 1.807) is 13.8 Å². The second-order valence-corrected chi connectivity index (χ2v) is 7.91. The van der Waals surface area contributed by atoms with Gasteiger partial charge < -0.3 is 5.11 Å². The zero-order valence-corrected chi connectivity index (χ0v) is 16.6. The molecule has 0 unspecified atom stereocenters. The molecule has 0 spiro atoms. The van der Waals surface area contributed by atoms with Crippen molar-refractivity contribution < 1.29 is 14.7 Å². The third-order valence-corrected chi connectivity index (χ3v) is 5.41. The monoisotopic (exact) mass is 380 g/mol. The summed E-state index contributed by atoms with van der Waals surface area (Å²) in [5, 5.41) is 11.2. The average molecular weight is 381 g/mol. The molecular weight excluding hydrogens is 360 g/mol. The minimum atomic E-state index is -1.26. The lowest BCUT2D eigenvalue weighted by atomic mass is 9.70. The van der Waals surface area contributed by atoms with Crippen LogP contribution in [-0.4, -0.2) is 16.7 Å². The number of hydrogen-bond acceptors (Lipinski definition) is 3. The third-order valence-electron chi connectivity index (χ3n) is 5.18. The lowest BCUT2D eigenvalue weighted by Gasteiger charge is -2.30. The molecular formula is C23H21ClO3. The zero-order chi connectivity index (χ0) is 20.1.